The van der Waals surface area contributed by atoms with E-state index >= 15 is 0 Å². The number of nitro benzene ring substituents is 1. The van der Waals surface area contributed by atoms with Crippen molar-refractivity contribution in [3.63, 3.8) is 0 Å². The SMILES string of the molecule is COc1ccc([N+](=O)[O-])cc1NC(=O)c1cccc(S(=O)(=O)N2CCN(C)CC2)c1. The first-order valence-electron chi connectivity index (χ1n) is 9.15. The van der Waals surface area contributed by atoms with Crippen molar-refractivity contribution in [1.29, 1.82) is 0 Å². The van der Waals surface area contributed by atoms with Crippen LogP contribution < -0.4 is 10.1 Å². The van der Waals surface area contributed by atoms with E-state index in [9.17, 15) is 23.3 Å². The van der Waals surface area contributed by atoms with Crippen molar-refractivity contribution in [2.75, 3.05) is 45.7 Å². The number of hydrogen-bond donors (Lipinski definition) is 1. The summed E-state index contributed by atoms with van der Waals surface area (Å²) in [6, 6.07) is 9.52. The molecule has 0 atom stereocenters. The van der Waals surface area contributed by atoms with Crippen molar-refractivity contribution < 1.29 is 22.9 Å². The zero-order valence-corrected chi connectivity index (χ0v) is 17.4. The maximum Gasteiger partial charge on any atom is 0.271 e. The average Bonchev–Trinajstić information content (AvgIpc) is 2.74. The van der Waals surface area contributed by atoms with Crippen LogP contribution in [0.3, 0.4) is 0 Å². The van der Waals surface area contributed by atoms with Gasteiger partial charge >= 0.3 is 0 Å². The van der Waals surface area contributed by atoms with Gasteiger partial charge in [-0.15, -0.1) is 0 Å². The van der Waals surface area contributed by atoms with E-state index in [0.717, 1.165) is 0 Å². The summed E-state index contributed by atoms with van der Waals surface area (Å²) in [7, 11) is -0.430. The Bertz CT molecular complexity index is 1060. The largest absolute Gasteiger partial charge is 0.495 e. The second-order valence-electron chi connectivity index (χ2n) is 6.83. The minimum Gasteiger partial charge on any atom is -0.495 e. The molecule has 2 aromatic rings. The summed E-state index contributed by atoms with van der Waals surface area (Å²) in [5.41, 5.74) is 0.0142. The Morgan fingerprint density at radius 1 is 1.13 bits per heavy atom. The molecule has 1 amide bonds. The number of piperazine rings is 1. The van der Waals surface area contributed by atoms with Crippen LogP contribution in [0.2, 0.25) is 0 Å². The van der Waals surface area contributed by atoms with Gasteiger partial charge in [-0.1, -0.05) is 6.07 Å². The number of ether oxygens (including phenoxy) is 1. The van der Waals surface area contributed by atoms with Gasteiger partial charge in [-0.05, 0) is 31.3 Å². The van der Waals surface area contributed by atoms with Crippen LogP contribution in [0, 0.1) is 10.1 Å². The number of carbonyl (C=O) groups excluding carboxylic acids is 1. The van der Waals surface area contributed by atoms with Crippen molar-refractivity contribution in [2.24, 2.45) is 0 Å². The van der Waals surface area contributed by atoms with E-state index in [4.69, 9.17) is 4.74 Å². The van der Waals surface area contributed by atoms with E-state index < -0.39 is 20.9 Å². The van der Waals surface area contributed by atoms with Gasteiger partial charge in [-0.2, -0.15) is 4.31 Å². The Morgan fingerprint density at radius 2 is 1.83 bits per heavy atom. The summed E-state index contributed by atoms with van der Waals surface area (Å²) in [6.07, 6.45) is 0. The fourth-order valence-corrected chi connectivity index (χ4v) is 4.55. The second-order valence-corrected chi connectivity index (χ2v) is 8.77. The van der Waals surface area contributed by atoms with Gasteiger partial charge in [0.05, 0.1) is 22.6 Å². The van der Waals surface area contributed by atoms with Gasteiger partial charge < -0.3 is 15.0 Å². The predicted molar refractivity (Wildman–Crippen MR) is 110 cm³/mol. The van der Waals surface area contributed by atoms with Gasteiger partial charge in [0.25, 0.3) is 11.6 Å². The highest BCUT2D eigenvalue weighted by molar-refractivity contribution is 7.89. The molecule has 1 fully saturated rings. The fraction of sp³-hybridized carbons (Fsp3) is 0.316. The molecule has 0 spiro atoms. The monoisotopic (exact) mass is 434 g/mol. The summed E-state index contributed by atoms with van der Waals surface area (Å²) < 4.78 is 32.4. The zero-order chi connectivity index (χ0) is 21.9. The van der Waals surface area contributed by atoms with Crippen LogP contribution in [0.15, 0.2) is 47.4 Å². The molecule has 1 aliphatic heterocycles. The van der Waals surface area contributed by atoms with Crippen LogP contribution in [0.1, 0.15) is 10.4 Å². The maximum atomic E-state index is 12.9. The number of anilines is 1. The van der Waals surface area contributed by atoms with Gasteiger partial charge in [0.2, 0.25) is 10.0 Å². The normalized spacial score (nSPS) is 15.5. The second kappa shape index (κ2) is 8.78. The maximum absolute atomic E-state index is 12.9. The number of amides is 1. The highest BCUT2D eigenvalue weighted by Crippen LogP contribution is 2.29. The first-order valence-corrected chi connectivity index (χ1v) is 10.6. The van der Waals surface area contributed by atoms with Crippen LogP contribution in [0.4, 0.5) is 11.4 Å². The number of carbonyl (C=O) groups is 1. The molecule has 0 aliphatic carbocycles. The van der Waals surface area contributed by atoms with E-state index in [0.29, 0.717) is 26.2 Å². The van der Waals surface area contributed by atoms with Crippen LogP contribution >= 0.6 is 0 Å². The third kappa shape index (κ3) is 4.58. The summed E-state index contributed by atoms with van der Waals surface area (Å²) in [6.45, 7) is 2.01. The lowest BCUT2D eigenvalue weighted by molar-refractivity contribution is -0.384. The Labute approximate surface area is 174 Å². The number of benzene rings is 2. The predicted octanol–water partition coefficient (Wildman–Crippen LogP) is 1.79. The number of nitrogens with one attached hydrogen (secondary N) is 1. The summed E-state index contributed by atoms with van der Waals surface area (Å²) in [5.74, 6) is -0.362. The third-order valence-corrected chi connectivity index (χ3v) is 6.73. The molecule has 3 rings (SSSR count). The Hall–Kier alpha value is -3.02. The first kappa shape index (κ1) is 21.7. The van der Waals surface area contributed by atoms with Gasteiger partial charge in [-0.25, -0.2) is 8.42 Å². The lowest BCUT2D eigenvalue weighted by Gasteiger charge is -2.31. The number of nitro groups is 1. The molecule has 0 unspecified atom stereocenters. The van der Waals surface area contributed by atoms with Crippen molar-refractivity contribution in [2.45, 2.75) is 4.90 Å². The van der Waals surface area contributed by atoms with E-state index in [1.165, 1.54) is 53.9 Å². The summed E-state index contributed by atoms with van der Waals surface area (Å²) in [5, 5.41) is 13.6. The number of rotatable bonds is 6. The minimum atomic E-state index is -3.73. The molecule has 0 radical (unpaired) electrons. The smallest absolute Gasteiger partial charge is 0.271 e. The highest BCUT2D eigenvalue weighted by Gasteiger charge is 2.28. The molecule has 160 valence electrons. The lowest BCUT2D eigenvalue weighted by Crippen LogP contribution is -2.47. The molecule has 1 heterocycles. The fourth-order valence-electron chi connectivity index (χ4n) is 3.08. The summed E-state index contributed by atoms with van der Waals surface area (Å²) >= 11 is 0. The van der Waals surface area contributed by atoms with Gasteiger partial charge in [0.15, 0.2) is 0 Å². The molecule has 2 aromatic carbocycles. The van der Waals surface area contributed by atoms with Crippen LogP contribution in [0.25, 0.3) is 0 Å². The molecule has 10 nitrogen and oxygen atoms in total. The molecule has 30 heavy (non-hydrogen) atoms. The lowest BCUT2D eigenvalue weighted by atomic mass is 10.2. The van der Waals surface area contributed by atoms with Gasteiger partial charge in [-0.3, -0.25) is 14.9 Å². The molecular formula is C19H22N4O6S. The van der Waals surface area contributed by atoms with Crippen LogP contribution in [-0.4, -0.2) is 68.8 Å². The van der Waals surface area contributed by atoms with Crippen molar-refractivity contribution in [1.82, 2.24) is 9.21 Å². The Balaban J connectivity index is 1.85. The highest BCUT2D eigenvalue weighted by atomic mass is 32.2. The van der Waals surface area contributed by atoms with Crippen molar-refractivity contribution in [3.05, 3.63) is 58.1 Å². The molecule has 1 N–H and O–H groups in total. The zero-order valence-electron chi connectivity index (χ0n) is 16.6. The molecule has 1 saturated heterocycles. The first-order chi connectivity index (χ1) is 14.2. The minimum absolute atomic E-state index is 0.0192. The van der Waals surface area contributed by atoms with E-state index in [1.807, 2.05) is 11.9 Å². The Kier molecular flexibility index (Phi) is 6.34. The summed E-state index contributed by atoms with van der Waals surface area (Å²) in [4.78, 5) is 25.2. The number of hydrogen-bond acceptors (Lipinski definition) is 7. The van der Waals surface area contributed by atoms with Crippen molar-refractivity contribution >= 4 is 27.3 Å². The number of non-ortho nitro benzene ring substituents is 1. The van der Waals surface area contributed by atoms with Crippen LogP contribution in [-0.2, 0) is 10.0 Å². The number of nitrogens with zero attached hydrogens (tertiary/aromatic N) is 3. The molecule has 0 aromatic heterocycles. The third-order valence-electron chi connectivity index (χ3n) is 4.84. The molecule has 0 bridgehead atoms. The Morgan fingerprint density at radius 3 is 2.47 bits per heavy atom. The number of likely N-dealkylation sites (N-methyl/N-ethyl adjacent to an activating group) is 1. The van der Waals surface area contributed by atoms with E-state index in [-0.39, 0.29) is 27.6 Å². The molecular weight excluding hydrogens is 412 g/mol. The molecule has 11 heteroatoms. The molecule has 1 aliphatic rings. The van der Waals surface area contributed by atoms with E-state index in [1.54, 1.807) is 0 Å². The van der Waals surface area contributed by atoms with Gasteiger partial charge in [0.1, 0.15) is 5.75 Å². The van der Waals surface area contributed by atoms with Crippen LogP contribution in [0.5, 0.6) is 5.75 Å². The van der Waals surface area contributed by atoms with E-state index in [2.05, 4.69) is 5.32 Å². The standard InChI is InChI=1S/C19H22N4O6S/c1-21-8-10-22(11-9-21)30(27,28)16-5-3-4-14(12-16)19(24)20-17-13-15(23(25)26)6-7-18(17)29-2/h3-7,12-13H,8-11H2,1-2H3,(H,20,24). The van der Waals surface area contributed by atoms with Gasteiger partial charge in [0, 0.05) is 43.9 Å². The number of sulfonamides is 1. The molecule has 0 saturated carbocycles. The van der Waals surface area contributed by atoms with Crippen molar-refractivity contribution in [3.8, 4) is 5.75 Å². The topological polar surface area (TPSA) is 122 Å². The number of methoxy groups -OCH3 is 1. The average molecular weight is 434 g/mol. The quantitative estimate of drug-likeness (QED) is 0.543.